The molecule has 114 valence electrons. The molecule has 4 heteroatoms. The van der Waals surface area contributed by atoms with E-state index >= 15 is 0 Å². The summed E-state index contributed by atoms with van der Waals surface area (Å²) >= 11 is 0. The van der Waals surface area contributed by atoms with Gasteiger partial charge in [0.1, 0.15) is 0 Å². The van der Waals surface area contributed by atoms with E-state index in [4.69, 9.17) is 0 Å². The molecule has 0 N–H and O–H groups in total. The summed E-state index contributed by atoms with van der Waals surface area (Å²) in [6, 6.07) is 0. The molecular weight excluding hydrogens is 465 g/mol. The third-order valence-corrected chi connectivity index (χ3v) is 3.96. The second kappa shape index (κ2) is 12.9. The van der Waals surface area contributed by atoms with Gasteiger partial charge in [0.15, 0.2) is 0 Å². The van der Waals surface area contributed by atoms with Crippen LogP contribution in [0.15, 0.2) is 16.7 Å². The van der Waals surface area contributed by atoms with Gasteiger partial charge in [0, 0.05) is 25.8 Å². The molecule has 0 fully saturated rings. The molecule has 1 aliphatic carbocycles. The van der Waals surface area contributed by atoms with Gasteiger partial charge in [-0.1, -0.05) is 72.1 Å². The molecule has 1 rings (SSSR count). The van der Waals surface area contributed by atoms with Gasteiger partial charge in [-0.05, 0) is 0 Å². The van der Waals surface area contributed by atoms with Crippen molar-refractivity contribution in [3.63, 3.8) is 0 Å². The Labute approximate surface area is 157 Å². The molecule has 0 saturated heterocycles. The van der Waals surface area contributed by atoms with Gasteiger partial charge in [0.2, 0.25) is 0 Å². The van der Waals surface area contributed by atoms with Crippen molar-refractivity contribution in [1.29, 1.82) is 0 Å². The molecule has 0 saturated carbocycles. The Morgan fingerprint density at radius 3 is 1.53 bits per heavy atom. The van der Waals surface area contributed by atoms with Crippen LogP contribution in [0.5, 0.6) is 0 Å². The molecule has 0 amide bonds. The zero-order valence-corrected chi connectivity index (χ0v) is 18.8. The average Bonchev–Trinajstić information content (AvgIpc) is 2.62. The smallest absolute Gasteiger partial charge is 0 e. The van der Waals surface area contributed by atoms with Crippen LogP contribution in [0.1, 0.15) is 66.7 Å². The van der Waals surface area contributed by atoms with Gasteiger partial charge in [-0.2, -0.15) is 11.1 Å². The fraction of sp³-hybridized carbons (Fsp3) is 0.733. The zero-order valence-electron chi connectivity index (χ0n) is 12.8. The number of halogens is 3. The minimum atomic E-state index is 0. The predicted octanol–water partition coefficient (Wildman–Crippen LogP) is 6.33. The molecule has 0 aromatic heterocycles. The second-order valence-corrected chi connectivity index (χ2v) is 4.41. The van der Waals surface area contributed by atoms with E-state index in [-0.39, 0.29) is 68.5 Å². The number of rotatable bonds is 5. The minimum absolute atomic E-state index is 0. The number of hydrogen-bond acceptors (Lipinski definition) is 0. The standard InChI is InChI=1S/C15H25.3ClH.Hf/c1-6-12-11-15(9-4,10-5)14(8-3)13(12)7-2;;;;/h6-10H2,1-5H3;3*1H;/q-1;;;;. The summed E-state index contributed by atoms with van der Waals surface area (Å²) < 4.78 is 0. The van der Waals surface area contributed by atoms with Gasteiger partial charge in [-0.25, -0.2) is 5.57 Å². The largest absolute Gasteiger partial charge is 0.262 e. The molecule has 0 heterocycles. The summed E-state index contributed by atoms with van der Waals surface area (Å²) in [4.78, 5) is 0. The maximum atomic E-state index is 3.80. The Hall–Kier alpha value is 1.22. The van der Waals surface area contributed by atoms with E-state index in [1.54, 1.807) is 11.1 Å². The molecule has 0 bridgehead atoms. The van der Waals surface area contributed by atoms with Crippen LogP contribution in [-0.2, 0) is 25.8 Å². The van der Waals surface area contributed by atoms with Crippen LogP contribution < -0.4 is 0 Å². The molecule has 0 radical (unpaired) electrons. The van der Waals surface area contributed by atoms with Gasteiger partial charge < -0.3 is 0 Å². The fourth-order valence-electron chi connectivity index (χ4n) is 3.04. The first-order valence-electron chi connectivity index (χ1n) is 6.55. The van der Waals surface area contributed by atoms with Crippen molar-refractivity contribution in [2.75, 3.05) is 0 Å². The first-order chi connectivity index (χ1) is 7.18. The van der Waals surface area contributed by atoms with E-state index in [9.17, 15) is 0 Å². The third-order valence-electron chi connectivity index (χ3n) is 3.96. The Balaban J connectivity index is -0.000000281. The summed E-state index contributed by atoms with van der Waals surface area (Å²) in [6.07, 6.45) is 9.74. The van der Waals surface area contributed by atoms with Crippen LogP contribution in [0.3, 0.4) is 0 Å². The van der Waals surface area contributed by atoms with Gasteiger partial charge in [-0.15, -0.1) is 37.2 Å². The topological polar surface area (TPSA) is 0 Å². The van der Waals surface area contributed by atoms with E-state index in [1.165, 1.54) is 31.3 Å². The first-order valence-corrected chi connectivity index (χ1v) is 6.55. The number of allylic oxidation sites excluding steroid dienone is 4. The summed E-state index contributed by atoms with van der Waals surface area (Å²) in [5.41, 5.74) is 5.07. The molecule has 0 aliphatic heterocycles. The third kappa shape index (κ3) is 5.49. The van der Waals surface area contributed by atoms with E-state index < -0.39 is 0 Å². The molecule has 19 heavy (non-hydrogen) atoms. The molecule has 0 aromatic carbocycles. The molecule has 0 spiro atoms. The fourth-order valence-corrected chi connectivity index (χ4v) is 3.04. The Bertz CT molecular complexity index is 292. The SMILES string of the molecule is CCC1=[C-]C(CC)(CC)C(CC)=C1CC.Cl.Cl.Cl.[Hf]. The minimum Gasteiger partial charge on any atom is -0.262 e. The normalized spacial score (nSPS) is 15.5. The Kier molecular flexibility index (Phi) is 19.3. The van der Waals surface area contributed by atoms with Gasteiger partial charge in [0.25, 0.3) is 0 Å². The Morgan fingerprint density at radius 2 is 1.26 bits per heavy atom. The molecule has 0 aromatic rings. The summed E-state index contributed by atoms with van der Waals surface area (Å²) in [5.74, 6) is 0. The van der Waals surface area contributed by atoms with Crippen LogP contribution in [0.4, 0.5) is 0 Å². The van der Waals surface area contributed by atoms with Crippen molar-refractivity contribution < 1.29 is 25.8 Å². The van der Waals surface area contributed by atoms with Crippen molar-refractivity contribution in [3.8, 4) is 0 Å². The summed E-state index contributed by atoms with van der Waals surface area (Å²) in [7, 11) is 0. The maximum absolute atomic E-state index is 3.80. The van der Waals surface area contributed by atoms with Crippen molar-refractivity contribution in [1.82, 2.24) is 0 Å². The van der Waals surface area contributed by atoms with Crippen LogP contribution in [0, 0.1) is 11.5 Å². The van der Waals surface area contributed by atoms with E-state index in [0.29, 0.717) is 0 Å². The summed E-state index contributed by atoms with van der Waals surface area (Å²) in [6.45, 7) is 11.4. The quantitative estimate of drug-likeness (QED) is 0.311. The van der Waals surface area contributed by atoms with Gasteiger partial charge in [0.05, 0.1) is 0 Å². The molecule has 0 nitrogen and oxygen atoms in total. The molecule has 1 aliphatic rings. The van der Waals surface area contributed by atoms with E-state index in [2.05, 4.69) is 40.7 Å². The van der Waals surface area contributed by atoms with Gasteiger partial charge in [-0.3, -0.25) is 6.08 Å². The van der Waals surface area contributed by atoms with Gasteiger partial charge >= 0.3 is 0 Å². The van der Waals surface area contributed by atoms with Crippen molar-refractivity contribution in [2.45, 2.75) is 66.7 Å². The van der Waals surface area contributed by atoms with Crippen LogP contribution >= 0.6 is 37.2 Å². The molecular formula is C15H28Cl3Hf-. The van der Waals surface area contributed by atoms with E-state index in [0.717, 1.165) is 6.42 Å². The van der Waals surface area contributed by atoms with Crippen LogP contribution in [-0.4, -0.2) is 0 Å². The number of hydrogen-bond donors (Lipinski definition) is 0. The molecule has 0 unspecified atom stereocenters. The zero-order chi connectivity index (χ0) is 11.5. The predicted molar refractivity (Wildman–Crippen MR) is 89.4 cm³/mol. The molecule has 0 atom stereocenters. The van der Waals surface area contributed by atoms with Crippen molar-refractivity contribution in [3.05, 3.63) is 22.8 Å². The first kappa shape index (κ1) is 28.4. The second-order valence-electron chi connectivity index (χ2n) is 4.41. The monoisotopic (exact) mass is 493 g/mol. The van der Waals surface area contributed by atoms with Crippen molar-refractivity contribution >= 4 is 37.2 Å². The van der Waals surface area contributed by atoms with Crippen molar-refractivity contribution in [2.24, 2.45) is 5.41 Å². The van der Waals surface area contributed by atoms with Crippen LogP contribution in [0.2, 0.25) is 0 Å². The van der Waals surface area contributed by atoms with E-state index in [1.807, 2.05) is 0 Å². The summed E-state index contributed by atoms with van der Waals surface area (Å²) in [5, 5.41) is 0. The maximum Gasteiger partial charge on any atom is 0 e. The Morgan fingerprint density at radius 1 is 0.789 bits per heavy atom. The average molecular weight is 493 g/mol. The van der Waals surface area contributed by atoms with Crippen LogP contribution in [0.25, 0.3) is 0 Å².